The van der Waals surface area contributed by atoms with Crippen LogP contribution in [0.1, 0.15) is 30.5 Å². The molecule has 0 aromatic heterocycles. The Morgan fingerprint density at radius 3 is 2.11 bits per heavy atom. The van der Waals surface area contributed by atoms with Crippen LogP contribution in [-0.4, -0.2) is 28.8 Å². The Morgan fingerprint density at radius 1 is 0.857 bits per heavy atom. The smallest absolute Gasteiger partial charge is 0.243 e. The second kappa shape index (κ2) is 12.6. The van der Waals surface area contributed by atoms with Gasteiger partial charge in [0.05, 0.1) is 6.42 Å². The van der Waals surface area contributed by atoms with E-state index >= 15 is 0 Å². The predicted octanol–water partition coefficient (Wildman–Crippen LogP) is 7.01. The number of halogens is 4. The fourth-order valence-electron chi connectivity index (χ4n) is 3.72. The maximum Gasteiger partial charge on any atom is 0.243 e. The van der Waals surface area contributed by atoms with Gasteiger partial charge in [0.25, 0.3) is 0 Å². The SMILES string of the molecule is CC(C)NC(=O)C(Cc1ccccc1)N(Cc1c(Cl)cccc1Cl)C(=O)Cc1ccc(Cl)cc1Cl. The Balaban J connectivity index is 2.04. The van der Waals surface area contributed by atoms with Crippen LogP contribution in [-0.2, 0) is 29.0 Å². The Hall–Kier alpha value is -2.24. The number of hydrogen-bond donors (Lipinski definition) is 1. The molecule has 1 N–H and O–H groups in total. The minimum atomic E-state index is -0.800. The molecule has 0 saturated heterocycles. The van der Waals surface area contributed by atoms with Crippen LogP contribution < -0.4 is 5.32 Å². The van der Waals surface area contributed by atoms with Crippen LogP contribution in [0, 0.1) is 0 Å². The topological polar surface area (TPSA) is 49.4 Å². The number of hydrogen-bond acceptors (Lipinski definition) is 2. The van der Waals surface area contributed by atoms with E-state index in [1.165, 1.54) is 4.90 Å². The van der Waals surface area contributed by atoms with Gasteiger partial charge < -0.3 is 10.2 Å². The molecule has 3 rings (SSSR count). The van der Waals surface area contributed by atoms with Gasteiger partial charge in [-0.1, -0.05) is 88.9 Å². The van der Waals surface area contributed by atoms with Crippen LogP contribution in [0.15, 0.2) is 66.7 Å². The third-order valence-corrected chi connectivity index (χ3v) is 6.74. The molecule has 1 atom stereocenters. The van der Waals surface area contributed by atoms with Crippen LogP contribution in [0.5, 0.6) is 0 Å². The number of amides is 2. The second-order valence-electron chi connectivity index (χ2n) is 8.50. The average molecular weight is 552 g/mol. The average Bonchev–Trinajstić information content (AvgIpc) is 2.80. The van der Waals surface area contributed by atoms with Gasteiger partial charge in [0.2, 0.25) is 11.8 Å². The first-order valence-corrected chi connectivity index (χ1v) is 12.7. The summed E-state index contributed by atoms with van der Waals surface area (Å²) in [4.78, 5) is 28.7. The van der Waals surface area contributed by atoms with Crippen LogP contribution in [0.4, 0.5) is 0 Å². The largest absolute Gasteiger partial charge is 0.352 e. The highest BCUT2D eigenvalue weighted by atomic mass is 35.5. The van der Waals surface area contributed by atoms with E-state index in [4.69, 9.17) is 46.4 Å². The first-order valence-electron chi connectivity index (χ1n) is 11.2. The molecule has 0 spiro atoms. The van der Waals surface area contributed by atoms with Crippen molar-refractivity contribution in [3.63, 3.8) is 0 Å². The molecule has 35 heavy (non-hydrogen) atoms. The molecule has 3 aromatic rings. The lowest BCUT2D eigenvalue weighted by Gasteiger charge is -2.32. The van der Waals surface area contributed by atoms with E-state index in [1.807, 2.05) is 44.2 Å². The lowest BCUT2D eigenvalue weighted by Crippen LogP contribution is -2.52. The number of benzene rings is 3. The fourth-order valence-corrected chi connectivity index (χ4v) is 4.71. The molecule has 3 aromatic carbocycles. The summed E-state index contributed by atoms with van der Waals surface area (Å²) in [6, 6.07) is 18.8. The van der Waals surface area contributed by atoms with Crippen molar-refractivity contribution in [3.05, 3.63) is 104 Å². The molecule has 2 amide bonds. The fraction of sp³-hybridized carbons (Fsp3) is 0.259. The molecule has 0 aliphatic heterocycles. The van der Waals surface area contributed by atoms with Crippen molar-refractivity contribution in [1.82, 2.24) is 10.2 Å². The molecule has 1 unspecified atom stereocenters. The highest BCUT2D eigenvalue weighted by Gasteiger charge is 2.32. The maximum atomic E-state index is 13.8. The summed E-state index contributed by atoms with van der Waals surface area (Å²) in [5.74, 6) is -0.548. The van der Waals surface area contributed by atoms with Gasteiger partial charge in [0.15, 0.2) is 0 Å². The summed E-state index contributed by atoms with van der Waals surface area (Å²) in [7, 11) is 0. The summed E-state index contributed by atoms with van der Waals surface area (Å²) >= 11 is 25.3. The van der Waals surface area contributed by atoms with Gasteiger partial charge in [-0.05, 0) is 49.2 Å². The van der Waals surface area contributed by atoms with E-state index in [2.05, 4.69) is 5.32 Å². The van der Waals surface area contributed by atoms with Gasteiger partial charge in [0, 0.05) is 44.7 Å². The Bertz CT molecular complexity index is 1160. The Kier molecular flexibility index (Phi) is 9.88. The van der Waals surface area contributed by atoms with E-state index in [-0.39, 0.29) is 30.8 Å². The van der Waals surface area contributed by atoms with Gasteiger partial charge in [-0.2, -0.15) is 0 Å². The summed E-state index contributed by atoms with van der Waals surface area (Å²) < 4.78 is 0. The molecule has 0 fully saturated rings. The van der Waals surface area contributed by atoms with Crippen molar-refractivity contribution in [2.75, 3.05) is 0 Å². The third-order valence-electron chi connectivity index (χ3n) is 5.45. The molecular formula is C27H26Cl4N2O2. The number of nitrogens with zero attached hydrogens (tertiary/aromatic N) is 1. The van der Waals surface area contributed by atoms with Gasteiger partial charge in [-0.3, -0.25) is 9.59 Å². The first-order chi connectivity index (χ1) is 16.7. The number of nitrogens with one attached hydrogen (secondary N) is 1. The molecule has 0 heterocycles. The van der Waals surface area contributed by atoms with Crippen molar-refractivity contribution in [2.45, 2.75) is 45.3 Å². The summed E-state index contributed by atoms with van der Waals surface area (Å²) in [6.07, 6.45) is 0.305. The minimum absolute atomic E-state index is 0.0156. The molecule has 0 bridgehead atoms. The van der Waals surface area contributed by atoms with Gasteiger partial charge >= 0.3 is 0 Å². The molecular weight excluding hydrogens is 526 g/mol. The number of carbonyl (C=O) groups excluding carboxylic acids is 2. The second-order valence-corrected chi connectivity index (χ2v) is 10.2. The van der Waals surface area contributed by atoms with E-state index in [0.29, 0.717) is 37.6 Å². The lowest BCUT2D eigenvalue weighted by atomic mass is 10.0. The lowest BCUT2D eigenvalue weighted by molar-refractivity contribution is -0.141. The normalized spacial score (nSPS) is 11.9. The van der Waals surface area contributed by atoms with Crippen LogP contribution in [0.3, 0.4) is 0 Å². The number of rotatable bonds is 9. The van der Waals surface area contributed by atoms with E-state index in [1.54, 1.807) is 36.4 Å². The number of carbonyl (C=O) groups is 2. The Labute approximate surface area is 226 Å². The van der Waals surface area contributed by atoms with Crippen molar-refractivity contribution >= 4 is 58.2 Å². The zero-order chi connectivity index (χ0) is 25.5. The predicted molar refractivity (Wildman–Crippen MR) is 144 cm³/mol. The molecule has 0 saturated carbocycles. The van der Waals surface area contributed by atoms with Gasteiger partial charge in [0.1, 0.15) is 6.04 Å². The van der Waals surface area contributed by atoms with E-state index in [0.717, 1.165) is 5.56 Å². The molecule has 0 radical (unpaired) electrons. The van der Waals surface area contributed by atoms with Gasteiger partial charge in [-0.25, -0.2) is 0 Å². The zero-order valence-corrected chi connectivity index (χ0v) is 22.4. The summed E-state index contributed by atoms with van der Waals surface area (Å²) in [5.41, 5.74) is 2.10. The quantitative estimate of drug-likeness (QED) is 0.311. The summed E-state index contributed by atoms with van der Waals surface area (Å²) in [6.45, 7) is 3.82. The Morgan fingerprint density at radius 2 is 1.51 bits per heavy atom. The van der Waals surface area contributed by atoms with E-state index < -0.39 is 6.04 Å². The van der Waals surface area contributed by atoms with Crippen LogP contribution >= 0.6 is 46.4 Å². The van der Waals surface area contributed by atoms with Crippen molar-refractivity contribution in [3.8, 4) is 0 Å². The molecule has 8 heteroatoms. The van der Waals surface area contributed by atoms with Gasteiger partial charge in [-0.15, -0.1) is 0 Å². The monoisotopic (exact) mass is 550 g/mol. The zero-order valence-electron chi connectivity index (χ0n) is 19.4. The molecule has 184 valence electrons. The van der Waals surface area contributed by atoms with Crippen molar-refractivity contribution < 1.29 is 9.59 Å². The first kappa shape index (κ1) is 27.3. The van der Waals surface area contributed by atoms with Crippen molar-refractivity contribution in [2.24, 2.45) is 0 Å². The highest BCUT2D eigenvalue weighted by molar-refractivity contribution is 6.36. The van der Waals surface area contributed by atoms with Crippen LogP contribution in [0.2, 0.25) is 20.1 Å². The minimum Gasteiger partial charge on any atom is -0.352 e. The standard InChI is InChI=1S/C27H26Cl4N2O2/c1-17(2)32-27(35)25(13-18-7-4-3-5-8-18)33(16-21-22(29)9-6-10-23(21)30)26(34)14-19-11-12-20(28)15-24(19)31/h3-12,15,17,25H,13-14,16H2,1-2H3,(H,32,35). The van der Waals surface area contributed by atoms with Crippen molar-refractivity contribution in [1.29, 1.82) is 0 Å². The summed E-state index contributed by atoms with van der Waals surface area (Å²) in [5, 5.41) is 4.65. The highest BCUT2D eigenvalue weighted by Crippen LogP contribution is 2.28. The molecule has 0 aliphatic rings. The van der Waals surface area contributed by atoms with E-state index in [9.17, 15) is 9.59 Å². The van der Waals surface area contributed by atoms with Crippen LogP contribution in [0.25, 0.3) is 0 Å². The third kappa shape index (κ3) is 7.62. The maximum absolute atomic E-state index is 13.8. The molecule has 4 nitrogen and oxygen atoms in total. The molecule has 0 aliphatic carbocycles.